The zero-order valence-corrected chi connectivity index (χ0v) is 16.9. The summed E-state index contributed by atoms with van der Waals surface area (Å²) < 4.78 is 6.26. The Morgan fingerprint density at radius 1 is 1.18 bits per heavy atom. The summed E-state index contributed by atoms with van der Waals surface area (Å²) in [5.41, 5.74) is 0.406. The van der Waals surface area contributed by atoms with E-state index in [9.17, 15) is 9.90 Å². The number of rotatable bonds is 7. The molecule has 1 heterocycles. The van der Waals surface area contributed by atoms with Crippen LogP contribution in [0, 0.1) is 17.8 Å². The minimum Gasteiger partial charge on any atom is -0.452 e. The van der Waals surface area contributed by atoms with Gasteiger partial charge in [0.2, 0.25) is 0 Å². The third kappa shape index (κ3) is 3.90. The quantitative estimate of drug-likeness (QED) is 0.573. The highest BCUT2D eigenvalue weighted by Crippen LogP contribution is 2.54. The highest BCUT2D eigenvalue weighted by atomic mass is 16.6. The van der Waals surface area contributed by atoms with Crippen molar-refractivity contribution in [3.05, 3.63) is 48.0 Å². The number of ether oxygens (including phenoxy) is 1. The molecule has 2 bridgehead atoms. The fraction of sp³-hybridized carbons (Fsp3) is 0.625. The van der Waals surface area contributed by atoms with E-state index >= 15 is 0 Å². The highest BCUT2D eigenvalue weighted by molar-refractivity contribution is 5.74. The van der Waals surface area contributed by atoms with Crippen LogP contribution in [0.5, 0.6) is 0 Å². The van der Waals surface area contributed by atoms with Crippen molar-refractivity contribution >= 4 is 5.97 Å². The summed E-state index contributed by atoms with van der Waals surface area (Å²) in [4.78, 5) is 15.2. The maximum Gasteiger partial charge on any atom is 0.335 e. The standard InChI is InChI=1S/C24H33NO3/c1-18(26)23(27)28-24(21-8-4-2-5-9-21,12-15-25-13-6-3-7-14-25)22-17-19-10-11-20(22)16-19/h2,4-5,8-11,18-20,22,26H,3,6-7,12-17H2,1H3/t18-,19-,20+,22-,24-/m0/s1. The summed E-state index contributed by atoms with van der Waals surface area (Å²) in [5.74, 6) is 0.818. The number of benzene rings is 1. The Bertz CT molecular complexity index is 695. The van der Waals surface area contributed by atoms with E-state index in [0.29, 0.717) is 11.8 Å². The molecule has 2 aliphatic carbocycles. The predicted molar refractivity (Wildman–Crippen MR) is 110 cm³/mol. The molecule has 28 heavy (non-hydrogen) atoms. The van der Waals surface area contributed by atoms with Crippen LogP contribution < -0.4 is 0 Å². The van der Waals surface area contributed by atoms with E-state index in [1.165, 1.54) is 26.2 Å². The molecule has 5 atom stereocenters. The minimum atomic E-state index is -1.10. The lowest BCUT2D eigenvalue weighted by molar-refractivity contribution is -0.181. The average Bonchev–Trinajstić information content (AvgIpc) is 3.36. The normalized spacial score (nSPS) is 30.1. The molecule has 1 aromatic rings. The van der Waals surface area contributed by atoms with E-state index < -0.39 is 17.7 Å². The lowest BCUT2D eigenvalue weighted by atomic mass is 9.72. The van der Waals surface area contributed by atoms with Gasteiger partial charge in [0, 0.05) is 18.9 Å². The second-order valence-electron chi connectivity index (χ2n) is 8.89. The number of likely N-dealkylation sites (tertiary alicyclic amines) is 1. The molecule has 4 nitrogen and oxygen atoms in total. The van der Waals surface area contributed by atoms with E-state index in [0.717, 1.165) is 44.5 Å². The number of carbonyl (C=O) groups is 1. The molecule has 4 heteroatoms. The Kier molecular flexibility index (Phi) is 5.88. The summed E-state index contributed by atoms with van der Waals surface area (Å²) in [5, 5.41) is 9.92. The molecule has 1 aromatic carbocycles. The van der Waals surface area contributed by atoms with Gasteiger partial charge in [0.25, 0.3) is 0 Å². The first kappa shape index (κ1) is 19.7. The van der Waals surface area contributed by atoms with Gasteiger partial charge in [-0.05, 0) is 63.1 Å². The second kappa shape index (κ2) is 8.38. The van der Waals surface area contributed by atoms with Gasteiger partial charge in [-0.2, -0.15) is 0 Å². The van der Waals surface area contributed by atoms with Gasteiger partial charge in [0.15, 0.2) is 0 Å². The van der Waals surface area contributed by atoms with E-state index in [2.05, 4.69) is 29.2 Å². The Morgan fingerprint density at radius 2 is 1.93 bits per heavy atom. The number of piperidine rings is 1. The summed E-state index contributed by atoms with van der Waals surface area (Å²) in [6, 6.07) is 10.3. The molecule has 2 fully saturated rings. The maximum absolute atomic E-state index is 12.6. The third-order valence-electron chi connectivity index (χ3n) is 7.01. The first-order chi connectivity index (χ1) is 13.6. The van der Waals surface area contributed by atoms with E-state index in [4.69, 9.17) is 4.74 Å². The molecule has 3 aliphatic rings. The number of aliphatic hydroxyl groups excluding tert-OH is 1. The van der Waals surface area contributed by atoms with E-state index in [1.807, 2.05) is 18.2 Å². The van der Waals surface area contributed by atoms with Gasteiger partial charge in [0.1, 0.15) is 11.7 Å². The smallest absolute Gasteiger partial charge is 0.335 e. The fourth-order valence-electron chi connectivity index (χ4n) is 5.54. The van der Waals surface area contributed by atoms with Crippen molar-refractivity contribution in [1.29, 1.82) is 0 Å². The zero-order valence-electron chi connectivity index (χ0n) is 16.9. The lowest BCUT2D eigenvalue weighted by Gasteiger charge is -2.43. The van der Waals surface area contributed by atoms with Gasteiger partial charge >= 0.3 is 5.97 Å². The largest absolute Gasteiger partial charge is 0.452 e. The summed E-state index contributed by atoms with van der Waals surface area (Å²) in [6.07, 6.45) is 10.4. The number of hydrogen-bond acceptors (Lipinski definition) is 4. The van der Waals surface area contributed by atoms with Gasteiger partial charge in [0.05, 0.1) is 0 Å². The summed E-state index contributed by atoms with van der Waals surface area (Å²) in [6.45, 7) is 4.70. The van der Waals surface area contributed by atoms with Crippen LogP contribution in [-0.4, -0.2) is 41.7 Å². The Hall–Kier alpha value is -1.65. The van der Waals surface area contributed by atoms with Crippen LogP contribution in [0.2, 0.25) is 0 Å². The van der Waals surface area contributed by atoms with Gasteiger partial charge in [-0.15, -0.1) is 0 Å². The van der Waals surface area contributed by atoms with Crippen molar-refractivity contribution in [1.82, 2.24) is 4.90 Å². The summed E-state index contributed by atoms with van der Waals surface area (Å²) >= 11 is 0. The molecule has 1 saturated carbocycles. The van der Waals surface area contributed by atoms with Crippen molar-refractivity contribution in [3.63, 3.8) is 0 Å². The molecule has 1 saturated heterocycles. The van der Waals surface area contributed by atoms with Crippen LogP contribution in [0.15, 0.2) is 42.5 Å². The first-order valence-electron chi connectivity index (χ1n) is 11.0. The van der Waals surface area contributed by atoms with Crippen LogP contribution >= 0.6 is 0 Å². The zero-order chi connectivity index (χ0) is 19.6. The maximum atomic E-state index is 12.6. The molecule has 0 radical (unpaired) electrons. The first-order valence-corrected chi connectivity index (χ1v) is 11.0. The lowest BCUT2D eigenvalue weighted by Crippen LogP contribution is -2.46. The van der Waals surface area contributed by atoms with Crippen LogP contribution in [0.4, 0.5) is 0 Å². The number of nitrogens with zero attached hydrogens (tertiary/aromatic N) is 1. The molecular formula is C24H33NO3. The van der Waals surface area contributed by atoms with E-state index in [-0.39, 0.29) is 5.92 Å². The summed E-state index contributed by atoms with van der Waals surface area (Å²) in [7, 11) is 0. The van der Waals surface area contributed by atoms with Crippen LogP contribution in [0.1, 0.15) is 51.0 Å². The van der Waals surface area contributed by atoms with Crippen molar-refractivity contribution < 1.29 is 14.6 Å². The molecule has 0 unspecified atom stereocenters. The molecule has 0 spiro atoms. The minimum absolute atomic E-state index is 0.275. The van der Waals surface area contributed by atoms with Crippen molar-refractivity contribution in [2.75, 3.05) is 19.6 Å². The number of carbonyl (C=O) groups excluding carboxylic acids is 1. The SMILES string of the molecule is C[C@H](O)C(=O)O[C@@](CCN1CCCCC1)(c1ccccc1)[C@H]1C[C@H]2C=C[C@@H]1C2. The van der Waals surface area contributed by atoms with Gasteiger partial charge in [-0.3, -0.25) is 0 Å². The Labute approximate surface area is 168 Å². The fourth-order valence-corrected chi connectivity index (χ4v) is 5.54. The number of allylic oxidation sites excluding steroid dienone is 2. The molecule has 1 N–H and O–H groups in total. The van der Waals surface area contributed by atoms with Crippen LogP contribution in [-0.2, 0) is 15.1 Å². The van der Waals surface area contributed by atoms with Crippen LogP contribution in [0.25, 0.3) is 0 Å². The number of esters is 1. The molecule has 4 rings (SSSR count). The number of hydrogen-bond donors (Lipinski definition) is 1. The highest BCUT2D eigenvalue weighted by Gasteiger charge is 2.52. The molecule has 152 valence electrons. The van der Waals surface area contributed by atoms with Gasteiger partial charge in [-0.1, -0.05) is 48.9 Å². The van der Waals surface area contributed by atoms with Crippen molar-refractivity contribution in [3.8, 4) is 0 Å². The molecule has 0 amide bonds. The number of fused-ring (bicyclic) bond motifs is 2. The molecule has 0 aromatic heterocycles. The Morgan fingerprint density at radius 3 is 2.54 bits per heavy atom. The third-order valence-corrected chi connectivity index (χ3v) is 7.01. The average molecular weight is 384 g/mol. The van der Waals surface area contributed by atoms with Gasteiger partial charge in [-0.25, -0.2) is 4.79 Å². The topological polar surface area (TPSA) is 49.8 Å². The van der Waals surface area contributed by atoms with Gasteiger partial charge < -0.3 is 14.7 Å². The van der Waals surface area contributed by atoms with Crippen molar-refractivity contribution in [2.24, 2.45) is 17.8 Å². The molecule has 1 aliphatic heterocycles. The molecular weight excluding hydrogens is 350 g/mol. The number of aliphatic hydroxyl groups is 1. The second-order valence-corrected chi connectivity index (χ2v) is 8.89. The van der Waals surface area contributed by atoms with Crippen molar-refractivity contribution in [2.45, 2.75) is 57.2 Å². The van der Waals surface area contributed by atoms with Crippen LogP contribution in [0.3, 0.4) is 0 Å². The predicted octanol–water partition coefficient (Wildman–Crippen LogP) is 3.89. The van der Waals surface area contributed by atoms with E-state index in [1.54, 1.807) is 0 Å². The Balaban J connectivity index is 1.67. The monoisotopic (exact) mass is 383 g/mol.